The van der Waals surface area contributed by atoms with Crippen LogP contribution in [0.1, 0.15) is 41.8 Å². The molecule has 0 spiro atoms. The molecule has 2 aromatic rings. The molecule has 36 heavy (non-hydrogen) atoms. The number of anilines is 1. The minimum Gasteiger partial charge on any atom is -0.339 e. The summed E-state index contributed by atoms with van der Waals surface area (Å²) >= 11 is 0. The van der Waals surface area contributed by atoms with Crippen LogP contribution in [0.4, 0.5) is 5.69 Å². The SMILES string of the molecule is C.NC[C@H](NC(=O)c1ccc(C#Cc2ccc(NC(=O)CNC3CCNCC3)cc2)cc1)C(=O)NO. The Bertz CT molecular complexity index is 1070. The fraction of sp³-hybridized carbons (Fsp3) is 0.346. The molecule has 3 rings (SSSR count). The first-order chi connectivity index (χ1) is 17.0. The van der Waals surface area contributed by atoms with Crippen LogP contribution in [0.15, 0.2) is 48.5 Å². The van der Waals surface area contributed by atoms with Crippen molar-refractivity contribution >= 4 is 23.4 Å². The Hall–Kier alpha value is -3.75. The number of hydrogen-bond acceptors (Lipinski definition) is 7. The monoisotopic (exact) mass is 494 g/mol. The molecule has 0 radical (unpaired) electrons. The number of hydroxylamine groups is 1. The predicted molar refractivity (Wildman–Crippen MR) is 138 cm³/mol. The van der Waals surface area contributed by atoms with E-state index in [0.29, 0.717) is 22.9 Å². The molecule has 1 fully saturated rings. The number of hydrogen-bond donors (Lipinski definition) is 7. The van der Waals surface area contributed by atoms with Gasteiger partial charge in [-0.1, -0.05) is 19.3 Å². The van der Waals surface area contributed by atoms with Gasteiger partial charge in [-0.05, 0) is 74.5 Å². The Morgan fingerprint density at radius 2 is 1.58 bits per heavy atom. The Morgan fingerprint density at radius 1 is 1.00 bits per heavy atom. The number of benzene rings is 2. The zero-order valence-corrected chi connectivity index (χ0v) is 19.3. The van der Waals surface area contributed by atoms with Gasteiger partial charge >= 0.3 is 0 Å². The van der Waals surface area contributed by atoms with Crippen molar-refractivity contribution in [2.24, 2.45) is 5.73 Å². The van der Waals surface area contributed by atoms with Crippen molar-refractivity contribution in [1.29, 1.82) is 0 Å². The summed E-state index contributed by atoms with van der Waals surface area (Å²) in [7, 11) is 0. The largest absolute Gasteiger partial charge is 0.339 e. The van der Waals surface area contributed by atoms with E-state index in [9.17, 15) is 14.4 Å². The van der Waals surface area contributed by atoms with Crippen LogP contribution in [0.2, 0.25) is 0 Å². The second kappa shape index (κ2) is 14.6. The van der Waals surface area contributed by atoms with E-state index in [4.69, 9.17) is 10.9 Å². The minimum atomic E-state index is -1.04. The van der Waals surface area contributed by atoms with Crippen molar-refractivity contribution in [3.05, 3.63) is 65.2 Å². The predicted octanol–water partition coefficient (Wildman–Crippen LogP) is 0.565. The lowest BCUT2D eigenvalue weighted by Crippen LogP contribution is -2.50. The van der Waals surface area contributed by atoms with Crippen LogP contribution in [-0.2, 0) is 9.59 Å². The lowest BCUT2D eigenvalue weighted by atomic mass is 10.1. The highest BCUT2D eigenvalue weighted by atomic mass is 16.5. The van der Waals surface area contributed by atoms with Gasteiger partial charge in [0.05, 0.1) is 6.54 Å². The second-order valence-electron chi connectivity index (χ2n) is 8.10. The molecule has 0 aromatic heterocycles. The summed E-state index contributed by atoms with van der Waals surface area (Å²) in [4.78, 5) is 35.9. The number of carbonyl (C=O) groups is 3. The van der Waals surface area contributed by atoms with Crippen LogP contribution in [0, 0.1) is 11.8 Å². The van der Waals surface area contributed by atoms with Crippen molar-refractivity contribution in [2.45, 2.75) is 32.4 Å². The molecule has 10 heteroatoms. The number of nitrogens with one attached hydrogen (secondary N) is 5. The standard InChI is InChI=1S/C25H30N6O4.CH4/c26-15-22(25(34)31-35)30-24(33)19-7-3-17(4-8-19)1-2-18-5-9-21(10-6-18)29-23(32)16-28-20-11-13-27-14-12-20;/h3-10,20,22,27-28,35H,11-16,26H2,(H,29,32)(H,30,33)(H,31,34);1H4/t22-;/m0./s1. The van der Waals surface area contributed by atoms with Gasteiger partial charge in [0.1, 0.15) is 6.04 Å². The van der Waals surface area contributed by atoms with Gasteiger partial charge < -0.3 is 27.0 Å². The van der Waals surface area contributed by atoms with Gasteiger partial charge in [-0.3, -0.25) is 19.6 Å². The number of nitrogens with two attached hydrogens (primary N) is 1. The summed E-state index contributed by atoms with van der Waals surface area (Å²) in [5, 5.41) is 20.6. The van der Waals surface area contributed by atoms with E-state index in [0.717, 1.165) is 31.5 Å². The summed E-state index contributed by atoms with van der Waals surface area (Å²) in [5.41, 5.74) is 9.41. The van der Waals surface area contributed by atoms with Crippen LogP contribution in [0.25, 0.3) is 0 Å². The zero-order valence-electron chi connectivity index (χ0n) is 19.3. The maximum atomic E-state index is 12.3. The summed E-state index contributed by atoms with van der Waals surface area (Å²) in [5.74, 6) is 4.70. The maximum Gasteiger partial charge on any atom is 0.267 e. The minimum absolute atomic E-state index is 0. The van der Waals surface area contributed by atoms with E-state index in [1.54, 1.807) is 36.4 Å². The van der Waals surface area contributed by atoms with Gasteiger partial charge in [-0.15, -0.1) is 0 Å². The van der Waals surface area contributed by atoms with Crippen molar-refractivity contribution < 1.29 is 19.6 Å². The van der Waals surface area contributed by atoms with Crippen molar-refractivity contribution in [3.63, 3.8) is 0 Å². The third kappa shape index (κ3) is 8.79. The van der Waals surface area contributed by atoms with Crippen molar-refractivity contribution in [1.82, 2.24) is 21.4 Å². The molecule has 0 bridgehead atoms. The molecule has 1 aliphatic rings. The lowest BCUT2D eigenvalue weighted by molar-refractivity contribution is -0.130. The first-order valence-corrected chi connectivity index (χ1v) is 11.4. The molecule has 1 saturated heterocycles. The number of piperidine rings is 1. The molecular weight excluding hydrogens is 460 g/mol. The molecular formula is C26H34N6O4. The van der Waals surface area contributed by atoms with Gasteiger partial charge in [0, 0.05) is 35.0 Å². The molecule has 0 saturated carbocycles. The molecule has 0 unspecified atom stereocenters. The number of amides is 3. The number of rotatable bonds is 8. The van der Waals surface area contributed by atoms with Crippen LogP contribution in [-0.4, -0.2) is 61.2 Å². The normalized spacial score (nSPS) is 13.8. The Morgan fingerprint density at radius 3 is 2.14 bits per heavy atom. The Balaban J connectivity index is 0.00000456. The molecule has 8 N–H and O–H groups in total. The van der Waals surface area contributed by atoms with E-state index in [-0.39, 0.29) is 26.4 Å². The Kier molecular flexibility index (Phi) is 11.6. The van der Waals surface area contributed by atoms with Crippen LogP contribution < -0.4 is 32.5 Å². The third-order valence-corrected chi connectivity index (χ3v) is 5.53. The average Bonchev–Trinajstić information content (AvgIpc) is 2.90. The third-order valence-electron chi connectivity index (χ3n) is 5.53. The topological polar surface area (TPSA) is 158 Å². The van der Waals surface area contributed by atoms with Gasteiger partial charge in [-0.25, -0.2) is 5.48 Å². The Labute approximate surface area is 211 Å². The number of carbonyl (C=O) groups excluding carboxylic acids is 3. The van der Waals surface area contributed by atoms with Gasteiger partial charge in [0.25, 0.3) is 11.8 Å². The fourth-order valence-electron chi connectivity index (χ4n) is 3.51. The highest BCUT2D eigenvalue weighted by molar-refractivity contribution is 5.97. The molecule has 10 nitrogen and oxygen atoms in total. The van der Waals surface area contributed by atoms with E-state index in [1.165, 1.54) is 5.48 Å². The van der Waals surface area contributed by atoms with E-state index >= 15 is 0 Å². The van der Waals surface area contributed by atoms with Gasteiger partial charge in [-0.2, -0.15) is 0 Å². The molecule has 2 aromatic carbocycles. The van der Waals surface area contributed by atoms with E-state index in [1.807, 2.05) is 12.1 Å². The molecule has 1 atom stereocenters. The lowest BCUT2D eigenvalue weighted by Gasteiger charge is -2.23. The van der Waals surface area contributed by atoms with Crippen LogP contribution >= 0.6 is 0 Å². The molecule has 1 heterocycles. The highest BCUT2D eigenvalue weighted by Crippen LogP contribution is 2.10. The smallest absolute Gasteiger partial charge is 0.267 e. The van der Waals surface area contributed by atoms with E-state index < -0.39 is 17.9 Å². The maximum absolute atomic E-state index is 12.3. The van der Waals surface area contributed by atoms with Gasteiger partial charge in [0.15, 0.2) is 0 Å². The molecule has 3 amide bonds. The van der Waals surface area contributed by atoms with E-state index in [2.05, 4.69) is 33.1 Å². The van der Waals surface area contributed by atoms with Crippen molar-refractivity contribution in [3.8, 4) is 11.8 Å². The summed E-state index contributed by atoms with van der Waals surface area (Å²) < 4.78 is 0. The summed E-state index contributed by atoms with van der Waals surface area (Å²) in [6.07, 6.45) is 2.04. The van der Waals surface area contributed by atoms with Gasteiger partial charge in [0.2, 0.25) is 5.91 Å². The van der Waals surface area contributed by atoms with Crippen LogP contribution in [0.3, 0.4) is 0 Å². The first kappa shape index (κ1) is 28.5. The zero-order chi connectivity index (χ0) is 25.0. The average molecular weight is 495 g/mol. The quantitative estimate of drug-likeness (QED) is 0.161. The first-order valence-electron chi connectivity index (χ1n) is 11.4. The molecule has 1 aliphatic heterocycles. The molecule has 192 valence electrons. The molecule has 0 aliphatic carbocycles. The fourth-order valence-corrected chi connectivity index (χ4v) is 3.51. The second-order valence-corrected chi connectivity index (χ2v) is 8.10. The van der Waals surface area contributed by atoms with Crippen LogP contribution in [0.5, 0.6) is 0 Å². The summed E-state index contributed by atoms with van der Waals surface area (Å²) in [6.45, 7) is 2.07. The summed E-state index contributed by atoms with van der Waals surface area (Å²) in [6, 6.07) is 13.1. The van der Waals surface area contributed by atoms with Crippen molar-refractivity contribution in [2.75, 3.05) is 31.5 Å². The highest BCUT2D eigenvalue weighted by Gasteiger charge is 2.19.